The Morgan fingerprint density at radius 2 is 2.19 bits per heavy atom. The lowest BCUT2D eigenvalue weighted by molar-refractivity contribution is -0.118. The van der Waals surface area contributed by atoms with Crippen molar-refractivity contribution in [1.82, 2.24) is 9.55 Å². The summed E-state index contributed by atoms with van der Waals surface area (Å²) in [6, 6.07) is 8.35. The van der Waals surface area contributed by atoms with Crippen LogP contribution in [0.1, 0.15) is 37.7 Å². The van der Waals surface area contributed by atoms with E-state index in [0.717, 1.165) is 36.5 Å². The lowest BCUT2D eigenvalue weighted by Gasteiger charge is -2.14. The van der Waals surface area contributed by atoms with Gasteiger partial charge in [0.1, 0.15) is 5.78 Å². The average Bonchev–Trinajstić information content (AvgIpc) is 2.84. The summed E-state index contributed by atoms with van der Waals surface area (Å²) in [7, 11) is 0. The van der Waals surface area contributed by atoms with Gasteiger partial charge in [-0.15, -0.1) is 0 Å². The molecular formula is C17H20N2OS. The minimum absolute atomic E-state index is 0.0680. The quantitative estimate of drug-likeness (QED) is 0.798. The summed E-state index contributed by atoms with van der Waals surface area (Å²) < 4.78 is 2.08. The van der Waals surface area contributed by atoms with Crippen LogP contribution < -0.4 is 0 Å². The van der Waals surface area contributed by atoms with Gasteiger partial charge in [-0.2, -0.15) is 0 Å². The van der Waals surface area contributed by atoms with Gasteiger partial charge in [-0.05, 0) is 37.5 Å². The molecule has 1 aromatic heterocycles. The predicted octanol–water partition coefficient (Wildman–Crippen LogP) is 4.17. The lowest BCUT2D eigenvalue weighted by atomic mass is 10.2. The van der Waals surface area contributed by atoms with Gasteiger partial charge in [0.25, 0.3) is 0 Å². The van der Waals surface area contributed by atoms with Gasteiger partial charge < -0.3 is 0 Å². The minimum atomic E-state index is 0.0680. The van der Waals surface area contributed by atoms with Crippen LogP contribution >= 0.6 is 11.8 Å². The molecule has 1 aliphatic carbocycles. The highest BCUT2D eigenvalue weighted by Crippen LogP contribution is 2.31. The largest absolute Gasteiger partial charge is 0.298 e. The van der Waals surface area contributed by atoms with Crippen molar-refractivity contribution in [1.29, 1.82) is 0 Å². The van der Waals surface area contributed by atoms with E-state index in [1.807, 2.05) is 12.4 Å². The highest BCUT2D eigenvalue weighted by molar-refractivity contribution is 8.00. The van der Waals surface area contributed by atoms with Gasteiger partial charge >= 0.3 is 0 Å². The second kappa shape index (κ2) is 6.48. The Kier molecular flexibility index (Phi) is 4.44. The molecule has 3 rings (SSSR count). The Labute approximate surface area is 129 Å². The first-order chi connectivity index (χ1) is 10.2. The van der Waals surface area contributed by atoms with Crippen LogP contribution in [-0.4, -0.2) is 20.6 Å². The molecule has 0 amide bonds. The van der Waals surface area contributed by atoms with Gasteiger partial charge in [-0.1, -0.05) is 36.7 Å². The number of Topliss-reactive ketones (excluding diaryl/α,β-unsaturated/α-hetero) is 1. The maximum absolute atomic E-state index is 12.2. The summed E-state index contributed by atoms with van der Waals surface area (Å²) in [6.45, 7) is 2.09. The molecule has 0 N–H and O–H groups in total. The van der Waals surface area contributed by atoms with Crippen LogP contribution in [-0.2, 0) is 4.79 Å². The number of carbonyl (C=O) groups is 1. The number of rotatable bonds is 3. The molecule has 21 heavy (non-hydrogen) atoms. The summed E-state index contributed by atoms with van der Waals surface area (Å²) in [6.07, 6.45) is 8.85. The van der Waals surface area contributed by atoms with Crippen molar-refractivity contribution >= 4 is 17.5 Å². The van der Waals surface area contributed by atoms with Crippen LogP contribution in [0.5, 0.6) is 0 Å². The molecule has 0 bridgehead atoms. The van der Waals surface area contributed by atoms with E-state index >= 15 is 0 Å². The number of imidazole rings is 1. The standard InChI is InChI=1S/C17H20N2OS/c1-13-6-5-7-14(12-13)19-11-10-18-17(19)21-16-9-4-2-3-8-15(16)20/h5-7,10-12,16H,2-4,8-9H2,1H3. The Morgan fingerprint density at radius 3 is 3.05 bits per heavy atom. The van der Waals surface area contributed by atoms with Crippen molar-refractivity contribution in [2.75, 3.05) is 0 Å². The molecule has 110 valence electrons. The van der Waals surface area contributed by atoms with E-state index in [2.05, 4.69) is 40.7 Å². The van der Waals surface area contributed by atoms with Crippen molar-refractivity contribution in [2.45, 2.75) is 49.4 Å². The van der Waals surface area contributed by atoms with Gasteiger partial charge in [0.05, 0.1) is 5.25 Å². The van der Waals surface area contributed by atoms with Crippen LogP contribution in [0.2, 0.25) is 0 Å². The van der Waals surface area contributed by atoms with Gasteiger partial charge in [-0.3, -0.25) is 9.36 Å². The van der Waals surface area contributed by atoms with E-state index in [0.29, 0.717) is 5.78 Å². The molecule has 0 radical (unpaired) electrons. The number of ketones is 1. The van der Waals surface area contributed by atoms with E-state index in [1.165, 1.54) is 12.0 Å². The molecule has 1 aromatic carbocycles. The maximum Gasteiger partial charge on any atom is 0.173 e. The van der Waals surface area contributed by atoms with Crippen LogP contribution in [0.4, 0.5) is 0 Å². The molecule has 1 saturated carbocycles. The normalized spacial score (nSPS) is 19.5. The number of benzene rings is 1. The highest BCUT2D eigenvalue weighted by atomic mass is 32.2. The molecule has 0 aliphatic heterocycles. The molecule has 1 fully saturated rings. The lowest BCUT2D eigenvalue weighted by Crippen LogP contribution is -2.15. The fraction of sp³-hybridized carbons (Fsp3) is 0.412. The predicted molar refractivity (Wildman–Crippen MR) is 86.0 cm³/mol. The number of hydrogen-bond donors (Lipinski definition) is 0. The van der Waals surface area contributed by atoms with Crippen molar-refractivity contribution in [3.8, 4) is 5.69 Å². The maximum atomic E-state index is 12.2. The fourth-order valence-corrected chi connectivity index (χ4v) is 3.92. The Bertz CT molecular complexity index is 635. The molecule has 0 spiro atoms. The molecule has 1 aliphatic rings. The zero-order valence-corrected chi connectivity index (χ0v) is 13.1. The van der Waals surface area contributed by atoms with Crippen molar-refractivity contribution < 1.29 is 4.79 Å². The second-order valence-corrected chi connectivity index (χ2v) is 6.76. The van der Waals surface area contributed by atoms with Crippen molar-refractivity contribution in [3.63, 3.8) is 0 Å². The molecule has 3 nitrogen and oxygen atoms in total. The fourth-order valence-electron chi connectivity index (χ4n) is 2.73. The molecule has 4 heteroatoms. The summed E-state index contributed by atoms with van der Waals surface area (Å²) in [5.41, 5.74) is 2.33. The number of hydrogen-bond acceptors (Lipinski definition) is 3. The van der Waals surface area contributed by atoms with Crippen LogP contribution in [0.15, 0.2) is 41.8 Å². The van der Waals surface area contributed by atoms with E-state index in [1.54, 1.807) is 11.8 Å². The second-order valence-electron chi connectivity index (χ2n) is 5.59. The number of thioether (sulfide) groups is 1. The van der Waals surface area contributed by atoms with E-state index < -0.39 is 0 Å². The smallest absolute Gasteiger partial charge is 0.173 e. The van der Waals surface area contributed by atoms with Crippen molar-refractivity contribution in [3.05, 3.63) is 42.2 Å². The topological polar surface area (TPSA) is 34.9 Å². The monoisotopic (exact) mass is 300 g/mol. The number of nitrogens with zero attached hydrogens (tertiary/aromatic N) is 2. The molecular weight excluding hydrogens is 280 g/mol. The summed E-state index contributed by atoms with van der Waals surface area (Å²) in [5.74, 6) is 0.385. The third-order valence-corrected chi connectivity index (χ3v) is 5.18. The SMILES string of the molecule is Cc1cccc(-n2ccnc2SC2CCCCCC2=O)c1. The number of aryl methyl sites for hydroxylation is 1. The Hall–Kier alpha value is -1.55. The molecule has 1 atom stereocenters. The van der Waals surface area contributed by atoms with Crippen molar-refractivity contribution in [2.24, 2.45) is 0 Å². The average molecular weight is 300 g/mol. The van der Waals surface area contributed by atoms with E-state index in [4.69, 9.17) is 0 Å². The summed E-state index contributed by atoms with van der Waals surface area (Å²) >= 11 is 1.62. The first-order valence-electron chi connectivity index (χ1n) is 7.54. The molecule has 1 unspecified atom stereocenters. The minimum Gasteiger partial charge on any atom is -0.298 e. The summed E-state index contributed by atoms with van der Waals surface area (Å²) in [4.78, 5) is 16.6. The Morgan fingerprint density at radius 1 is 1.29 bits per heavy atom. The molecule has 1 heterocycles. The Balaban J connectivity index is 1.84. The van der Waals surface area contributed by atoms with Crippen LogP contribution in [0.3, 0.4) is 0 Å². The van der Waals surface area contributed by atoms with Crippen LogP contribution in [0.25, 0.3) is 5.69 Å². The third kappa shape index (κ3) is 3.38. The van der Waals surface area contributed by atoms with E-state index in [-0.39, 0.29) is 5.25 Å². The molecule has 0 saturated heterocycles. The zero-order chi connectivity index (χ0) is 14.7. The first-order valence-corrected chi connectivity index (χ1v) is 8.42. The van der Waals surface area contributed by atoms with Gasteiger partial charge in [0.2, 0.25) is 0 Å². The van der Waals surface area contributed by atoms with Crippen LogP contribution in [0, 0.1) is 6.92 Å². The van der Waals surface area contributed by atoms with Gasteiger partial charge in [0, 0.05) is 24.5 Å². The number of carbonyl (C=O) groups excluding carboxylic acids is 1. The first kappa shape index (κ1) is 14.4. The van der Waals surface area contributed by atoms with E-state index in [9.17, 15) is 4.79 Å². The molecule has 2 aromatic rings. The summed E-state index contributed by atoms with van der Waals surface area (Å²) in [5, 5.41) is 0.985. The highest BCUT2D eigenvalue weighted by Gasteiger charge is 2.23. The number of aromatic nitrogens is 2. The van der Waals surface area contributed by atoms with Gasteiger partial charge in [-0.25, -0.2) is 4.98 Å². The zero-order valence-electron chi connectivity index (χ0n) is 12.3. The van der Waals surface area contributed by atoms with Gasteiger partial charge in [0.15, 0.2) is 5.16 Å². The third-order valence-electron chi connectivity index (χ3n) is 3.88.